The van der Waals surface area contributed by atoms with Crippen LogP contribution in [0.1, 0.15) is 33.3 Å². The Labute approximate surface area is 107 Å². The van der Waals surface area contributed by atoms with Crippen molar-refractivity contribution in [2.75, 3.05) is 0 Å². The van der Waals surface area contributed by atoms with Crippen LogP contribution in [0.2, 0.25) is 0 Å². The molecule has 0 spiro atoms. The van der Waals surface area contributed by atoms with E-state index in [1.807, 2.05) is 6.07 Å². The maximum atomic E-state index is 11.7. The summed E-state index contributed by atoms with van der Waals surface area (Å²) in [6, 6.07) is 8.59. The van der Waals surface area contributed by atoms with Gasteiger partial charge in [-0.3, -0.25) is 0 Å². The number of ether oxygens (including phenoxy) is 2. The Balaban J connectivity index is 2.61. The van der Waals surface area contributed by atoms with E-state index in [-0.39, 0.29) is 0 Å². The number of carbonyl (C=O) groups excluding carboxylic acids is 1. The molecule has 0 amide bonds. The van der Waals surface area contributed by atoms with E-state index in [1.165, 1.54) is 0 Å². The van der Waals surface area contributed by atoms with Crippen molar-refractivity contribution < 1.29 is 14.3 Å². The highest BCUT2D eigenvalue weighted by molar-refractivity contribution is 5.75. The molecule has 1 atom stereocenters. The molecule has 96 valence electrons. The average Bonchev–Trinajstić information content (AvgIpc) is 2.27. The van der Waals surface area contributed by atoms with Crippen molar-refractivity contribution in [1.82, 2.24) is 0 Å². The predicted octanol–water partition coefficient (Wildman–Crippen LogP) is 2.67. The van der Waals surface area contributed by atoms with Gasteiger partial charge in [-0.2, -0.15) is 5.26 Å². The Morgan fingerprint density at radius 1 is 1.28 bits per heavy atom. The number of nitrogens with zero attached hydrogens (tertiary/aromatic N) is 1. The molecule has 0 saturated carbocycles. The fourth-order valence-corrected chi connectivity index (χ4v) is 1.25. The molecule has 0 radical (unpaired) electrons. The third-order valence-corrected chi connectivity index (χ3v) is 2.03. The van der Waals surface area contributed by atoms with Crippen LogP contribution < -0.4 is 4.74 Å². The first kappa shape index (κ1) is 14.0. The van der Waals surface area contributed by atoms with Crippen LogP contribution >= 0.6 is 0 Å². The van der Waals surface area contributed by atoms with E-state index < -0.39 is 17.7 Å². The van der Waals surface area contributed by atoms with Gasteiger partial charge in [-0.05, 0) is 52.0 Å². The largest absolute Gasteiger partial charge is 0.479 e. The molecule has 0 aliphatic rings. The van der Waals surface area contributed by atoms with Gasteiger partial charge in [0, 0.05) is 0 Å². The SMILES string of the molecule is C[C@@H](Oc1ccc(C#N)cc1)C(=O)OC(C)(C)C. The summed E-state index contributed by atoms with van der Waals surface area (Å²) in [4.78, 5) is 11.7. The van der Waals surface area contributed by atoms with Gasteiger partial charge in [-0.15, -0.1) is 0 Å². The van der Waals surface area contributed by atoms with Crippen molar-refractivity contribution >= 4 is 5.97 Å². The Hall–Kier alpha value is -2.02. The summed E-state index contributed by atoms with van der Waals surface area (Å²) in [5.41, 5.74) is 0.0200. The first-order valence-electron chi connectivity index (χ1n) is 5.71. The molecule has 0 heterocycles. The van der Waals surface area contributed by atoms with Gasteiger partial charge >= 0.3 is 5.97 Å². The van der Waals surface area contributed by atoms with E-state index in [9.17, 15) is 4.79 Å². The van der Waals surface area contributed by atoms with Crippen molar-refractivity contribution in [2.45, 2.75) is 39.4 Å². The predicted molar refractivity (Wildman–Crippen MR) is 67.1 cm³/mol. The standard InChI is InChI=1S/C14H17NO3/c1-10(13(16)18-14(2,3)4)17-12-7-5-11(9-15)6-8-12/h5-8,10H,1-4H3/t10-/m1/s1. The summed E-state index contributed by atoms with van der Waals surface area (Å²) in [5, 5.41) is 8.66. The summed E-state index contributed by atoms with van der Waals surface area (Å²) in [6.45, 7) is 7.05. The van der Waals surface area contributed by atoms with E-state index >= 15 is 0 Å². The van der Waals surface area contributed by atoms with Gasteiger partial charge < -0.3 is 9.47 Å². The van der Waals surface area contributed by atoms with Gasteiger partial charge in [0.1, 0.15) is 11.4 Å². The first-order valence-corrected chi connectivity index (χ1v) is 5.71. The van der Waals surface area contributed by atoms with Crippen molar-refractivity contribution in [1.29, 1.82) is 5.26 Å². The van der Waals surface area contributed by atoms with Crippen LogP contribution in [0.25, 0.3) is 0 Å². The second-order valence-electron chi connectivity index (χ2n) is 4.93. The summed E-state index contributed by atoms with van der Waals surface area (Å²) < 4.78 is 10.6. The highest BCUT2D eigenvalue weighted by Crippen LogP contribution is 2.15. The number of benzene rings is 1. The fraction of sp³-hybridized carbons (Fsp3) is 0.429. The molecule has 1 rings (SSSR count). The summed E-state index contributed by atoms with van der Waals surface area (Å²) in [6.07, 6.45) is -0.683. The van der Waals surface area contributed by atoms with Crippen LogP contribution in [-0.2, 0) is 9.53 Å². The molecule has 0 unspecified atom stereocenters. The van der Waals surface area contributed by atoms with E-state index in [1.54, 1.807) is 52.0 Å². The summed E-state index contributed by atoms with van der Waals surface area (Å²) >= 11 is 0. The fourth-order valence-electron chi connectivity index (χ4n) is 1.25. The molecule has 0 fully saturated rings. The van der Waals surface area contributed by atoms with E-state index in [2.05, 4.69) is 0 Å². The zero-order valence-corrected chi connectivity index (χ0v) is 11.1. The van der Waals surface area contributed by atoms with Crippen molar-refractivity contribution in [3.05, 3.63) is 29.8 Å². The summed E-state index contributed by atoms with van der Waals surface area (Å²) in [5.74, 6) is 0.124. The molecule has 18 heavy (non-hydrogen) atoms. The van der Waals surface area contributed by atoms with Crippen LogP contribution in [0.3, 0.4) is 0 Å². The van der Waals surface area contributed by atoms with Gasteiger partial charge in [0.25, 0.3) is 0 Å². The molecule has 4 heteroatoms. The lowest BCUT2D eigenvalue weighted by Crippen LogP contribution is -2.33. The van der Waals surface area contributed by atoms with Crippen molar-refractivity contribution in [3.8, 4) is 11.8 Å². The lowest BCUT2D eigenvalue weighted by atomic mass is 10.2. The number of nitriles is 1. The first-order chi connectivity index (χ1) is 8.31. The van der Waals surface area contributed by atoms with E-state index in [4.69, 9.17) is 14.7 Å². The maximum Gasteiger partial charge on any atom is 0.347 e. The minimum atomic E-state index is -0.683. The third-order valence-electron chi connectivity index (χ3n) is 2.03. The minimum Gasteiger partial charge on any atom is -0.479 e. The third kappa shape index (κ3) is 4.46. The normalized spacial score (nSPS) is 12.4. The molecule has 0 aliphatic heterocycles. The van der Waals surface area contributed by atoms with E-state index in [0.29, 0.717) is 11.3 Å². The molecule has 1 aromatic carbocycles. The molecule has 0 bridgehead atoms. The van der Waals surface area contributed by atoms with Crippen LogP contribution in [0, 0.1) is 11.3 Å². The van der Waals surface area contributed by atoms with Crippen molar-refractivity contribution in [3.63, 3.8) is 0 Å². The molecule has 0 aromatic heterocycles. The zero-order valence-electron chi connectivity index (χ0n) is 11.1. The minimum absolute atomic E-state index is 0.410. The number of rotatable bonds is 3. The molecular formula is C14H17NO3. The second-order valence-corrected chi connectivity index (χ2v) is 4.93. The molecular weight excluding hydrogens is 230 g/mol. The molecule has 0 saturated heterocycles. The maximum absolute atomic E-state index is 11.7. The van der Waals surface area contributed by atoms with Crippen LogP contribution in [-0.4, -0.2) is 17.7 Å². The van der Waals surface area contributed by atoms with Crippen LogP contribution in [0.5, 0.6) is 5.75 Å². The van der Waals surface area contributed by atoms with Gasteiger partial charge in [-0.25, -0.2) is 4.79 Å². The van der Waals surface area contributed by atoms with Gasteiger partial charge in [0.2, 0.25) is 0 Å². The van der Waals surface area contributed by atoms with Gasteiger partial charge in [0.15, 0.2) is 6.10 Å². The zero-order chi connectivity index (χ0) is 13.8. The average molecular weight is 247 g/mol. The highest BCUT2D eigenvalue weighted by atomic mass is 16.6. The van der Waals surface area contributed by atoms with Gasteiger partial charge in [0.05, 0.1) is 11.6 Å². The lowest BCUT2D eigenvalue weighted by molar-refractivity contribution is -0.162. The Morgan fingerprint density at radius 3 is 2.28 bits per heavy atom. The quantitative estimate of drug-likeness (QED) is 0.770. The van der Waals surface area contributed by atoms with Crippen molar-refractivity contribution in [2.24, 2.45) is 0 Å². The Bertz CT molecular complexity index is 451. The smallest absolute Gasteiger partial charge is 0.347 e. The van der Waals surface area contributed by atoms with Gasteiger partial charge in [-0.1, -0.05) is 0 Å². The van der Waals surface area contributed by atoms with Crippen LogP contribution in [0.4, 0.5) is 0 Å². The molecule has 0 N–H and O–H groups in total. The molecule has 1 aromatic rings. The number of carbonyl (C=O) groups is 1. The number of hydrogen-bond acceptors (Lipinski definition) is 4. The van der Waals surface area contributed by atoms with E-state index in [0.717, 1.165) is 0 Å². The van der Waals surface area contributed by atoms with Crippen LogP contribution in [0.15, 0.2) is 24.3 Å². The Kier molecular flexibility index (Phi) is 4.33. The Morgan fingerprint density at radius 2 is 1.83 bits per heavy atom. The monoisotopic (exact) mass is 247 g/mol. The highest BCUT2D eigenvalue weighted by Gasteiger charge is 2.22. The lowest BCUT2D eigenvalue weighted by Gasteiger charge is -2.22. The number of hydrogen-bond donors (Lipinski definition) is 0. The topological polar surface area (TPSA) is 59.3 Å². The summed E-state index contributed by atoms with van der Waals surface area (Å²) in [7, 11) is 0. The molecule has 4 nitrogen and oxygen atoms in total. The second kappa shape index (κ2) is 5.54. The molecule has 0 aliphatic carbocycles. The number of esters is 1.